The molecule has 2 heterocycles. The Morgan fingerprint density at radius 3 is 1.94 bits per heavy atom. The zero-order valence-corrected chi connectivity index (χ0v) is 27.8. The van der Waals surface area contributed by atoms with E-state index in [1.165, 1.54) is 22.3 Å². The van der Waals surface area contributed by atoms with Crippen LogP contribution in [0.5, 0.6) is 5.88 Å². The van der Waals surface area contributed by atoms with Crippen molar-refractivity contribution in [3.05, 3.63) is 142 Å². The van der Waals surface area contributed by atoms with Gasteiger partial charge in [-0.25, -0.2) is 18.4 Å². The largest absolute Gasteiger partial charge is 0.477 e. The Morgan fingerprint density at radius 1 is 0.854 bits per heavy atom. The van der Waals surface area contributed by atoms with Crippen molar-refractivity contribution in [1.82, 2.24) is 14.5 Å². The summed E-state index contributed by atoms with van der Waals surface area (Å²) in [4.78, 5) is 14.6. The highest BCUT2D eigenvalue weighted by atomic mass is 32.2. The maximum atomic E-state index is 16.0. The van der Waals surface area contributed by atoms with Crippen molar-refractivity contribution in [3.8, 4) is 5.88 Å². The van der Waals surface area contributed by atoms with Gasteiger partial charge in [0.2, 0.25) is 5.88 Å². The molecule has 5 aromatic rings. The van der Waals surface area contributed by atoms with E-state index >= 15 is 4.21 Å². The van der Waals surface area contributed by atoms with Gasteiger partial charge in [0.05, 0.1) is 18.8 Å². The highest BCUT2D eigenvalue weighted by Crippen LogP contribution is 2.44. The number of ether oxygens (including phenoxy) is 1. The number of rotatable bonds is 7. The van der Waals surface area contributed by atoms with Crippen molar-refractivity contribution in [2.24, 2.45) is 4.36 Å². The maximum absolute atomic E-state index is 16.0. The number of fused-ring (bicyclic) bond motifs is 3. The second kappa shape index (κ2) is 12.3. The summed E-state index contributed by atoms with van der Waals surface area (Å²) in [5.41, 5.74) is 7.05. The fourth-order valence-electron chi connectivity index (χ4n) is 7.67. The number of nitrogens with zero attached hydrogens (tertiary/aromatic N) is 3. The SMILES string of the molecule is C[C@@H]1CCOc2c(S(=O)(=NC(c3ccccc3)(c3ccccc3)c3ccccc3)NC(=O)Nc3c4c(cc5c3CCC5)CCC4)cnn21. The van der Waals surface area contributed by atoms with Crippen LogP contribution in [0.4, 0.5) is 10.5 Å². The topological polar surface area (TPSA) is 97.6 Å². The number of anilines is 1. The highest BCUT2D eigenvalue weighted by Gasteiger charge is 2.41. The van der Waals surface area contributed by atoms with Crippen LogP contribution in [0, 0.1) is 0 Å². The van der Waals surface area contributed by atoms with Gasteiger partial charge in [0.1, 0.15) is 10.4 Å². The zero-order chi connectivity index (χ0) is 32.7. The molecule has 3 aliphatic rings. The molecule has 0 fully saturated rings. The van der Waals surface area contributed by atoms with Gasteiger partial charge in [-0.05, 0) is 84.4 Å². The van der Waals surface area contributed by atoms with E-state index < -0.39 is 21.5 Å². The Hall–Kier alpha value is -4.89. The molecule has 2 aliphatic carbocycles. The molecular formula is C39H39N5O3S. The van der Waals surface area contributed by atoms with Crippen molar-refractivity contribution in [3.63, 3.8) is 0 Å². The summed E-state index contributed by atoms with van der Waals surface area (Å²) in [5.74, 6) is 0.368. The summed E-state index contributed by atoms with van der Waals surface area (Å²) in [6, 6.07) is 31.3. The summed E-state index contributed by atoms with van der Waals surface area (Å²) in [6.07, 6.45) is 8.30. The van der Waals surface area contributed by atoms with E-state index in [4.69, 9.17) is 9.10 Å². The van der Waals surface area contributed by atoms with E-state index in [1.54, 1.807) is 10.9 Å². The van der Waals surface area contributed by atoms with E-state index in [2.05, 4.69) is 28.1 Å². The lowest BCUT2D eigenvalue weighted by Gasteiger charge is -2.33. The standard InChI is InChI=1S/C39H39N5O3S/c1-27-23-24-47-37-35(26-40-44(27)37)48(46,42-38(45)41-36-33-21-11-13-28(33)25-29-14-12-22-34(29)36)43-39(30-15-5-2-6-16-30,31-17-7-3-8-18-31)32-19-9-4-10-20-32/h2-10,15-20,25-27H,11-14,21-24H2,1H3,(H2,41,42,43,45,46)/t27-,48?/m1/s1. The second-order valence-electron chi connectivity index (χ2n) is 13.0. The number of aryl methyl sites for hydroxylation is 2. The van der Waals surface area contributed by atoms with Crippen molar-refractivity contribution in [1.29, 1.82) is 0 Å². The Balaban J connectivity index is 1.35. The number of hydrogen-bond acceptors (Lipinski definition) is 5. The summed E-state index contributed by atoms with van der Waals surface area (Å²) < 4.78 is 32.2. The molecule has 8 rings (SSSR count). The van der Waals surface area contributed by atoms with Crippen LogP contribution in [0.25, 0.3) is 0 Å². The smallest absolute Gasteiger partial charge is 0.331 e. The Bertz CT molecular complexity index is 1980. The quantitative estimate of drug-likeness (QED) is 0.175. The number of carbonyl (C=O) groups is 1. The molecule has 1 unspecified atom stereocenters. The molecule has 2 atom stereocenters. The normalized spacial score (nSPS) is 17.7. The summed E-state index contributed by atoms with van der Waals surface area (Å²) in [5, 5.41) is 7.82. The van der Waals surface area contributed by atoms with E-state index in [9.17, 15) is 4.79 Å². The van der Waals surface area contributed by atoms with Crippen LogP contribution >= 0.6 is 0 Å². The van der Waals surface area contributed by atoms with Crippen molar-refractivity contribution < 1.29 is 13.7 Å². The Labute approximate surface area is 281 Å². The fourth-order valence-corrected chi connectivity index (χ4v) is 9.51. The van der Waals surface area contributed by atoms with E-state index in [1.807, 2.05) is 91.0 Å². The van der Waals surface area contributed by atoms with Gasteiger partial charge < -0.3 is 10.1 Å². The van der Waals surface area contributed by atoms with E-state index in [-0.39, 0.29) is 10.9 Å². The van der Waals surface area contributed by atoms with Gasteiger partial charge >= 0.3 is 6.03 Å². The predicted octanol–water partition coefficient (Wildman–Crippen LogP) is 7.76. The van der Waals surface area contributed by atoms with Crippen LogP contribution in [0.15, 0.2) is 113 Å². The Morgan fingerprint density at radius 2 is 1.40 bits per heavy atom. The third kappa shape index (κ3) is 5.17. The monoisotopic (exact) mass is 657 g/mol. The maximum Gasteiger partial charge on any atom is 0.331 e. The van der Waals surface area contributed by atoms with Gasteiger partial charge in [0, 0.05) is 12.1 Å². The van der Waals surface area contributed by atoms with Crippen LogP contribution < -0.4 is 14.8 Å². The first-order valence-electron chi connectivity index (χ1n) is 16.9. The summed E-state index contributed by atoms with van der Waals surface area (Å²) >= 11 is 0. The van der Waals surface area contributed by atoms with E-state index in [0.29, 0.717) is 12.5 Å². The minimum Gasteiger partial charge on any atom is -0.477 e. The molecule has 0 saturated carbocycles. The van der Waals surface area contributed by atoms with Crippen LogP contribution in [-0.4, -0.2) is 26.6 Å². The van der Waals surface area contributed by atoms with Gasteiger partial charge in [-0.2, -0.15) is 9.46 Å². The highest BCUT2D eigenvalue weighted by molar-refractivity contribution is 7.92. The van der Waals surface area contributed by atoms with Crippen molar-refractivity contribution >= 4 is 21.6 Å². The number of carbonyl (C=O) groups excluding carboxylic acids is 1. The number of aromatic nitrogens is 2. The number of amides is 2. The third-order valence-electron chi connectivity index (χ3n) is 9.99. The first-order valence-corrected chi connectivity index (χ1v) is 18.4. The first kappa shape index (κ1) is 30.4. The second-order valence-corrected chi connectivity index (χ2v) is 14.8. The lowest BCUT2D eigenvalue weighted by Crippen LogP contribution is -2.38. The van der Waals surface area contributed by atoms with Crippen molar-refractivity contribution in [2.45, 2.75) is 68.3 Å². The van der Waals surface area contributed by atoms with Gasteiger partial charge in [-0.1, -0.05) is 97.1 Å². The van der Waals surface area contributed by atoms with Gasteiger partial charge in [0.15, 0.2) is 9.92 Å². The van der Waals surface area contributed by atoms with Crippen LogP contribution in [0.3, 0.4) is 0 Å². The van der Waals surface area contributed by atoms with Crippen molar-refractivity contribution in [2.75, 3.05) is 11.9 Å². The number of benzene rings is 4. The van der Waals surface area contributed by atoms with Crippen LogP contribution in [0.1, 0.15) is 71.2 Å². The molecule has 8 nitrogen and oxygen atoms in total. The molecule has 4 aromatic carbocycles. The molecule has 0 spiro atoms. The minimum absolute atomic E-state index is 0.0385. The Kier molecular flexibility index (Phi) is 7.79. The molecule has 0 radical (unpaired) electrons. The molecule has 1 aromatic heterocycles. The van der Waals surface area contributed by atoms with Crippen LogP contribution in [-0.2, 0) is 41.1 Å². The molecule has 0 saturated heterocycles. The summed E-state index contributed by atoms with van der Waals surface area (Å²) in [6.45, 7) is 2.51. The minimum atomic E-state index is -3.78. The molecule has 0 bridgehead atoms. The molecule has 2 N–H and O–H groups in total. The molecule has 2 amide bonds. The number of urea groups is 1. The fraction of sp³-hybridized carbons (Fsp3) is 0.282. The first-order chi connectivity index (χ1) is 23.5. The molecule has 48 heavy (non-hydrogen) atoms. The zero-order valence-electron chi connectivity index (χ0n) is 27.0. The van der Waals surface area contributed by atoms with E-state index in [0.717, 1.165) is 67.3 Å². The van der Waals surface area contributed by atoms with Gasteiger partial charge in [0.25, 0.3) is 0 Å². The predicted molar refractivity (Wildman–Crippen MR) is 188 cm³/mol. The molecule has 244 valence electrons. The number of hydrogen-bond donors (Lipinski definition) is 2. The average Bonchev–Trinajstić information content (AvgIpc) is 3.89. The average molecular weight is 658 g/mol. The summed E-state index contributed by atoms with van der Waals surface area (Å²) in [7, 11) is -3.78. The molecular weight excluding hydrogens is 619 g/mol. The number of nitrogens with one attached hydrogen (secondary N) is 2. The van der Waals surface area contributed by atoms with Gasteiger partial charge in [-0.3, -0.25) is 0 Å². The molecule has 9 heteroatoms. The lowest BCUT2D eigenvalue weighted by molar-refractivity contribution is 0.196. The lowest BCUT2D eigenvalue weighted by atomic mass is 9.78. The molecule has 1 aliphatic heterocycles. The van der Waals surface area contributed by atoms with Gasteiger partial charge in [-0.15, -0.1) is 0 Å². The van der Waals surface area contributed by atoms with Crippen LogP contribution in [0.2, 0.25) is 0 Å². The third-order valence-corrected chi connectivity index (χ3v) is 11.9.